The number of carbonyl (C=O) groups excluding carboxylic acids is 3. The van der Waals surface area contributed by atoms with Crippen LogP contribution in [0.4, 0.5) is 10.5 Å². The van der Waals surface area contributed by atoms with Crippen molar-refractivity contribution in [3.05, 3.63) is 95.2 Å². The number of methoxy groups -OCH3 is 1. The Balaban J connectivity index is 1.28. The highest BCUT2D eigenvalue weighted by atomic mass is 16.5. The molecule has 1 atom stereocenters. The number of anilines is 1. The zero-order chi connectivity index (χ0) is 26.4. The van der Waals surface area contributed by atoms with Gasteiger partial charge in [-0.25, -0.2) is 9.69 Å². The van der Waals surface area contributed by atoms with E-state index in [0.29, 0.717) is 25.9 Å². The lowest BCUT2D eigenvalue weighted by atomic mass is 9.87. The zero-order valence-electron chi connectivity index (χ0n) is 21.3. The minimum Gasteiger partial charge on any atom is -0.497 e. The zero-order valence-corrected chi connectivity index (χ0v) is 21.3. The molecule has 0 spiro atoms. The first-order valence-corrected chi connectivity index (χ1v) is 12.7. The van der Waals surface area contributed by atoms with Crippen LogP contribution >= 0.6 is 0 Å². The number of urea groups is 1. The topological polar surface area (TPSA) is 94.7 Å². The smallest absolute Gasteiger partial charge is 0.332 e. The van der Waals surface area contributed by atoms with Crippen LogP contribution in [-0.4, -0.2) is 47.9 Å². The van der Waals surface area contributed by atoms with Crippen LogP contribution in [0.2, 0.25) is 0 Å². The van der Waals surface area contributed by atoms with E-state index in [0.717, 1.165) is 33.5 Å². The maximum absolute atomic E-state index is 14.0. The molecule has 38 heavy (non-hydrogen) atoms. The summed E-state index contributed by atoms with van der Waals surface area (Å²) in [6, 6.07) is 22.0. The number of para-hydroxylation sites is 2. The van der Waals surface area contributed by atoms with E-state index >= 15 is 0 Å². The second-order valence-corrected chi connectivity index (χ2v) is 9.79. The summed E-state index contributed by atoms with van der Waals surface area (Å²) in [6.45, 7) is 2.62. The predicted octanol–water partition coefficient (Wildman–Crippen LogP) is 4.39. The molecule has 2 aliphatic heterocycles. The van der Waals surface area contributed by atoms with Gasteiger partial charge in [0.25, 0.3) is 11.8 Å². The summed E-state index contributed by atoms with van der Waals surface area (Å²) < 4.78 is 5.19. The van der Waals surface area contributed by atoms with Crippen molar-refractivity contribution in [1.29, 1.82) is 0 Å². The van der Waals surface area contributed by atoms with Gasteiger partial charge in [-0.05, 0) is 61.2 Å². The molecule has 8 nitrogen and oxygen atoms in total. The highest BCUT2D eigenvalue weighted by Crippen LogP contribution is 2.45. The van der Waals surface area contributed by atoms with Gasteiger partial charge in [0.05, 0.1) is 24.1 Å². The van der Waals surface area contributed by atoms with Crippen molar-refractivity contribution in [2.24, 2.45) is 0 Å². The van der Waals surface area contributed by atoms with Crippen LogP contribution in [-0.2, 0) is 23.2 Å². The predicted molar refractivity (Wildman–Crippen MR) is 144 cm³/mol. The van der Waals surface area contributed by atoms with E-state index in [2.05, 4.69) is 10.3 Å². The number of H-pyrrole nitrogens is 1. The fourth-order valence-electron chi connectivity index (χ4n) is 5.67. The Bertz CT molecular complexity index is 1570. The van der Waals surface area contributed by atoms with E-state index < -0.39 is 11.6 Å². The maximum Gasteiger partial charge on any atom is 0.332 e. The molecule has 1 saturated heterocycles. The van der Waals surface area contributed by atoms with E-state index in [1.54, 1.807) is 43.2 Å². The Labute approximate surface area is 220 Å². The number of nitrogens with zero attached hydrogens (tertiary/aromatic N) is 2. The molecule has 2 aliphatic rings. The summed E-state index contributed by atoms with van der Waals surface area (Å²) in [5, 5.41) is 4.00. The minimum atomic E-state index is -1.18. The summed E-state index contributed by atoms with van der Waals surface area (Å²) in [6.07, 6.45) is 1.28. The van der Waals surface area contributed by atoms with Crippen molar-refractivity contribution >= 4 is 34.4 Å². The number of fused-ring (bicyclic) bond motifs is 5. The molecule has 8 heteroatoms. The Morgan fingerprint density at radius 3 is 2.55 bits per heavy atom. The number of hydrogen-bond donors (Lipinski definition) is 2. The van der Waals surface area contributed by atoms with Crippen LogP contribution in [0.25, 0.3) is 10.9 Å². The standard InChI is InChI=1S/C30H28N4O4/c1-30-26-22(21-7-3-5-9-24(21)32-26)16-18-33(30)29(37)34(28(30)36)25-10-6-4-8-23(25)27(35)31-17-15-19-11-13-20(38-2)14-12-19/h3-14,32H,15-18H2,1-2H3,(H,31,35). The van der Waals surface area contributed by atoms with Crippen LogP contribution in [0, 0.1) is 0 Å². The number of aromatic amines is 1. The molecule has 2 N–H and O–H groups in total. The number of hydrogen-bond acceptors (Lipinski definition) is 4. The fourth-order valence-corrected chi connectivity index (χ4v) is 5.67. The molecule has 3 heterocycles. The van der Waals surface area contributed by atoms with Gasteiger partial charge in [0.1, 0.15) is 5.75 Å². The lowest BCUT2D eigenvalue weighted by molar-refractivity contribution is -0.125. The monoisotopic (exact) mass is 508 g/mol. The lowest BCUT2D eigenvalue weighted by Gasteiger charge is -2.35. The average Bonchev–Trinajstić information content (AvgIpc) is 3.42. The van der Waals surface area contributed by atoms with Gasteiger partial charge in [-0.15, -0.1) is 0 Å². The number of carbonyl (C=O) groups is 3. The number of aromatic nitrogens is 1. The molecule has 4 amide bonds. The summed E-state index contributed by atoms with van der Waals surface area (Å²) in [4.78, 5) is 47.2. The SMILES string of the molecule is COc1ccc(CCNC(=O)c2ccccc2N2C(=O)N3CCc4c([nH]c5ccccc45)C3(C)C2=O)cc1. The van der Waals surface area contributed by atoms with Gasteiger partial charge in [0, 0.05) is 24.0 Å². The first kappa shape index (κ1) is 23.8. The van der Waals surface area contributed by atoms with Crippen LogP contribution < -0.4 is 15.0 Å². The van der Waals surface area contributed by atoms with E-state index in [1.807, 2.05) is 48.5 Å². The lowest BCUT2D eigenvalue weighted by Crippen LogP contribution is -2.49. The number of imide groups is 1. The van der Waals surface area contributed by atoms with Crippen molar-refractivity contribution in [2.45, 2.75) is 25.3 Å². The Morgan fingerprint density at radius 2 is 1.76 bits per heavy atom. The van der Waals surface area contributed by atoms with E-state index in [4.69, 9.17) is 4.74 Å². The first-order valence-electron chi connectivity index (χ1n) is 12.7. The number of benzene rings is 3. The fraction of sp³-hybridized carbons (Fsp3) is 0.233. The molecular weight excluding hydrogens is 480 g/mol. The van der Waals surface area contributed by atoms with E-state index in [-0.39, 0.29) is 23.1 Å². The quantitative estimate of drug-likeness (QED) is 0.378. The second kappa shape index (κ2) is 9.06. The minimum absolute atomic E-state index is 0.282. The third-order valence-corrected chi connectivity index (χ3v) is 7.72. The molecule has 1 aromatic heterocycles. The van der Waals surface area contributed by atoms with Crippen LogP contribution in [0.3, 0.4) is 0 Å². The van der Waals surface area contributed by atoms with Gasteiger partial charge in [-0.1, -0.05) is 42.5 Å². The number of ether oxygens (including phenoxy) is 1. The summed E-state index contributed by atoms with van der Waals surface area (Å²) in [5.74, 6) is 0.0701. The van der Waals surface area contributed by atoms with Gasteiger partial charge in [-0.2, -0.15) is 0 Å². The first-order chi connectivity index (χ1) is 18.4. The summed E-state index contributed by atoms with van der Waals surface area (Å²) in [5.41, 5.74) is 3.20. The van der Waals surface area contributed by atoms with Crippen molar-refractivity contribution in [3.63, 3.8) is 0 Å². The summed E-state index contributed by atoms with van der Waals surface area (Å²) >= 11 is 0. The molecule has 1 fully saturated rings. The van der Waals surface area contributed by atoms with E-state index in [9.17, 15) is 14.4 Å². The van der Waals surface area contributed by atoms with Crippen LogP contribution in [0.5, 0.6) is 5.75 Å². The molecule has 1 unspecified atom stereocenters. The number of amides is 4. The highest BCUT2D eigenvalue weighted by molar-refractivity contribution is 6.25. The Hall–Kier alpha value is -4.59. The van der Waals surface area contributed by atoms with Crippen LogP contribution in [0.1, 0.15) is 34.1 Å². The Kier molecular flexibility index (Phi) is 5.67. The molecule has 0 radical (unpaired) electrons. The normalized spacial score (nSPS) is 18.5. The molecule has 192 valence electrons. The van der Waals surface area contributed by atoms with Gasteiger partial charge in [0.15, 0.2) is 5.54 Å². The molecule has 6 rings (SSSR count). The average molecular weight is 509 g/mol. The molecule has 0 saturated carbocycles. The summed E-state index contributed by atoms with van der Waals surface area (Å²) in [7, 11) is 1.62. The van der Waals surface area contributed by atoms with Gasteiger partial charge >= 0.3 is 6.03 Å². The van der Waals surface area contributed by atoms with Gasteiger partial charge in [0.2, 0.25) is 0 Å². The highest BCUT2D eigenvalue weighted by Gasteiger charge is 2.59. The molecule has 3 aromatic carbocycles. The van der Waals surface area contributed by atoms with E-state index in [1.165, 1.54) is 4.90 Å². The second-order valence-electron chi connectivity index (χ2n) is 9.79. The largest absolute Gasteiger partial charge is 0.497 e. The van der Waals surface area contributed by atoms with Gasteiger partial charge < -0.3 is 19.9 Å². The molecule has 0 bridgehead atoms. The van der Waals surface area contributed by atoms with Crippen molar-refractivity contribution in [1.82, 2.24) is 15.2 Å². The third-order valence-electron chi connectivity index (χ3n) is 7.72. The molecular formula is C30H28N4O4. The maximum atomic E-state index is 14.0. The Morgan fingerprint density at radius 1 is 1.03 bits per heavy atom. The van der Waals surface area contributed by atoms with Gasteiger partial charge in [-0.3, -0.25) is 9.59 Å². The van der Waals surface area contributed by atoms with Crippen molar-refractivity contribution in [2.75, 3.05) is 25.1 Å². The third kappa shape index (κ3) is 3.55. The molecule has 4 aromatic rings. The van der Waals surface area contributed by atoms with Crippen molar-refractivity contribution < 1.29 is 19.1 Å². The van der Waals surface area contributed by atoms with Crippen molar-refractivity contribution in [3.8, 4) is 5.75 Å². The number of rotatable bonds is 6. The number of nitrogens with one attached hydrogen (secondary N) is 2. The molecule has 0 aliphatic carbocycles. The van der Waals surface area contributed by atoms with Crippen LogP contribution in [0.15, 0.2) is 72.8 Å².